The minimum atomic E-state index is -0.643. The zero-order valence-electron chi connectivity index (χ0n) is 22.1. The third-order valence-corrected chi connectivity index (χ3v) is 7.70. The highest BCUT2D eigenvalue weighted by Crippen LogP contribution is 2.35. The lowest BCUT2D eigenvalue weighted by Crippen LogP contribution is -2.44. The van der Waals surface area contributed by atoms with Crippen molar-refractivity contribution in [1.29, 1.82) is 0 Å². The number of fused-ring (bicyclic) bond motifs is 3. The zero-order chi connectivity index (χ0) is 27.7. The van der Waals surface area contributed by atoms with E-state index in [1.807, 2.05) is 84.9 Å². The molecule has 5 rings (SSSR count). The van der Waals surface area contributed by atoms with E-state index in [4.69, 9.17) is 4.99 Å². The lowest BCUT2D eigenvalue weighted by atomic mass is 10.1. The summed E-state index contributed by atoms with van der Waals surface area (Å²) in [6.45, 7) is 1.07. The minimum Gasteiger partial charge on any atom is -0.356 e. The van der Waals surface area contributed by atoms with E-state index in [0.29, 0.717) is 36.2 Å². The molecule has 0 aliphatic carbocycles. The van der Waals surface area contributed by atoms with Gasteiger partial charge in [-0.15, -0.1) is 0 Å². The number of nitrogens with zero attached hydrogens (tertiary/aromatic N) is 3. The molecule has 1 atom stereocenters. The lowest BCUT2D eigenvalue weighted by molar-refractivity contribution is -0.122. The molecule has 2 aliphatic rings. The number of amidine groups is 2. The first-order chi connectivity index (χ1) is 19.6. The number of nitrogens with one attached hydrogen (secondary N) is 2. The molecule has 2 N–H and O–H groups in total. The van der Waals surface area contributed by atoms with Gasteiger partial charge in [-0.1, -0.05) is 84.6 Å². The van der Waals surface area contributed by atoms with Crippen molar-refractivity contribution in [1.82, 2.24) is 15.5 Å². The summed E-state index contributed by atoms with van der Waals surface area (Å²) in [7, 11) is 0. The van der Waals surface area contributed by atoms with Crippen LogP contribution in [0.2, 0.25) is 0 Å². The predicted molar refractivity (Wildman–Crippen MR) is 159 cm³/mol. The summed E-state index contributed by atoms with van der Waals surface area (Å²) in [4.78, 5) is 49.1. The van der Waals surface area contributed by atoms with Gasteiger partial charge in [0.1, 0.15) is 11.9 Å². The Morgan fingerprint density at radius 1 is 0.775 bits per heavy atom. The summed E-state index contributed by atoms with van der Waals surface area (Å²) in [5.74, 6) is 0.154. The highest BCUT2D eigenvalue weighted by molar-refractivity contribution is 8.14. The van der Waals surface area contributed by atoms with E-state index in [-0.39, 0.29) is 29.9 Å². The van der Waals surface area contributed by atoms with Crippen LogP contribution >= 0.6 is 11.8 Å². The molecule has 9 heteroatoms. The first-order valence-corrected chi connectivity index (χ1v) is 14.4. The molecule has 2 aliphatic heterocycles. The normalized spacial score (nSPS) is 15.6. The van der Waals surface area contributed by atoms with Gasteiger partial charge in [0, 0.05) is 25.1 Å². The number of rotatable bonds is 11. The second kappa shape index (κ2) is 13.2. The van der Waals surface area contributed by atoms with Crippen LogP contribution in [-0.4, -0.2) is 58.5 Å². The molecular formula is C31H31N5O3S. The number of para-hydroxylation sites is 1. The molecule has 40 heavy (non-hydrogen) atoms. The summed E-state index contributed by atoms with van der Waals surface area (Å²) in [5, 5.41) is 6.44. The summed E-state index contributed by atoms with van der Waals surface area (Å²) in [6, 6.07) is 26.8. The van der Waals surface area contributed by atoms with Crippen LogP contribution in [0.4, 0.5) is 5.69 Å². The standard InChI is InChI=1S/C31H31N5O3S/c37-27(32-19-17-22-9-3-1-4-10-22)16-15-26-30(39)35-29-24-13-7-8-14-25(24)34-31(36(26)29)40-21-28(38)33-20-18-23-11-5-2-6-12-23/h1-14,26H,15-21H2,(H,32,37)(H,33,38). The van der Waals surface area contributed by atoms with E-state index in [2.05, 4.69) is 15.6 Å². The predicted octanol–water partition coefficient (Wildman–Crippen LogP) is 3.88. The Hall–Kier alpha value is -4.24. The number of benzene rings is 3. The largest absolute Gasteiger partial charge is 0.356 e. The number of aliphatic imine (C=N–C) groups is 2. The van der Waals surface area contributed by atoms with Gasteiger partial charge in [0.05, 0.1) is 11.4 Å². The number of hydrogen-bond acceptors (Lipinski definition) is 6. The molecular weight excluding hydrogens is 522 g/mol. The molecule has 0 fully saturated rings. The van der Waals surface area contributed by atoms with Gasteiger partial charge in [-0.3, -0.25) is 19.3 Å². The van der Waals surface area contributed by atoms with Gasteiger partial charge in [0.15, 0.2) is 5.17 Å². The monoisotopic (exact) mass is 553 g/mol. The number of amides is 3. The minimum absolute atomic E-state index is 0.110. The molecule has 1 unspecified atom stereocenters. The zero-order valence-corrected chi connectivity index (χ0v) is 22.9. The van der Waals surface area contributed by atoms with Gasteiger partial charge in [-0.05, 0) is 42.5 Å². The lowest BCUT2D eigenvalue weighted by Gasteiger charge is -2.31. The Balaban J connectivity index is 1.19. The van der Waals surface area contributed by atoms with E-state index in [1.165, 1.54) is 11.8 Å². The van der Waals surface area contributed by atoms with Gasteiger partial charge in [0.25, 0.3) is 5.91 Å². The first kappa shape index (κ1) is 27.3. The van der Waals surface area contributed by atoms with E-state index in [0.717, 1.165) is 29.5 Å². The Morgan fingerprint density at radius 2 is 1.38 bits per heavy atom. The molecule has 204 valence electrons. The van der Waals surface area contributed by atoms with E-state index >= 15 is 0 Å². The smallest absolute Gasteiger partial charge is 0.270 e. The van der Waals surface area contributed by atoms with E-state index < -0.39 is 6.04 Å². The molecule has 0 aromatic heterocycles. The van der Waals surface area contributed by atoms with Crippen LogP contribution in [0.25, 0.3) is 0 Å². The fraction of sp³-hybridized carbons (Fsp3) is 0.258. The maximum atomic E-state index is 13.0. The third kappa shape index (κ3) is 6.84. The van der Waals surface area contributed by atoms with Crippen LogP contribution in [0.3, 0.4) is 0 Å². The topological polar surface area (TPSA) is 103 Å². The molecule has 0 saturated carbocycles. The molecule has 0 saturated heterocycles. The number of thioether (sulfide) groups is 1. The first-order valence-electron chi connectivity index (χ1n) is 13.4. The van der Waals surface area contributed by atoms with E-state index in [9.17, 15) is 14.4 Å². The van der Waals surface area contributed by atoms with Gasteiger partial charge < -0.3 is 10.6 Å². The van der Waals surface area contributed by atoms with Crippen molar-refractivity contribution < 1.29 is 14.4 Å². The van der Waals surface area contributed by atoms with Crippen molar-refractivity contribution >= 4 is 46.2 Å². The van der Waals surface area contributed by atoms with Crippen molar-refractivity contribution in [2.75, 3.05) is 18.8 Å². The fourth-order valence-electron chi connectivity index (χ4n) is 4.70. The Kier molecular flexibility index (Phi) is 9.03. The average molecular weight is 554 g/mol. The van der Waals surface area contributed by atoms with Crippen LogP contribution < -0.4 is 10.6 Å². The summed E-state index contributed by atoms with van der Waals surface area (Å²) in [5.41, 5.74) is 3.78. The fourth-order valence-corrected chi connectivity index (χ4v) is 5.57. The van der Waals surface area contributed by atoms with Crippen molar-refractivity contribution in [2.24, 2.45) is 9.98 Å². The summed E-state index contributed by atoms with van der Waals surface area (Å²) >= 11 is 1.27. The van der Waals surface area contributed by atoms with Crippen LogP contribution in [0.5, 0.6) is 0 Å². The van der Waals surface area contributed by atoms with Crippen LogP contribution in [-0.2, 0) is 27.2 Å². The molecule has 8 nitrogen and oxygen atoms in total. The molecule has 3 aromatic carbocycles. The van der Waals surface area contributed by atoms with Crippen molar-refractivity contribution in [3.63, 3.8) is 0 Å². The number of carbonyl (C=O) groups excluding carboxylic acids is 3. The van der Waals surface area contributed by atoms with Crippen molar-refractivity contribution in [3.05, 3.63) is 102 Å². The maximum Gasteiger partial charge on any atom is 0.270 e. The molecule has 0 spiro atoms. The van der Waals surface area contributed by atoms with Crippen molar-refractivity contribution in [2.45, 2.75) is 31.7 Å². The Labute approximate surface area is 238 Å². The second-order valence-corrected chi connectivity index (χ2v) is 10.5. The van der Waals surface area contributed by atoms with Gasteiger partial charge in [-0.25, -0.2) is 4.99 Å². The molecule has 0 radical (unpaired) electrons. The van der Waals surface area contributed by atoms with Crippen LogP contribution in [0, 0.1) is 0 Å². The molecule has 0 bridgehead atoms. The number of carbonyl (C=O) groups is 3. The highest BCUT2D eigenvalue weighted by Gasteiger charge is 2.41. The van der Waals surface area contributed by atoms with Gasteiger partial charge >= 0.3 is 0 Å². The van der Waals surface area contributed by atoms with Crippen LogP contribution in [0.15, 0.2) is 94.9 Å². The second-order valence-electron chi connectivity index (χ2n) is 9.57. The molecule has 3 amide bonds. The van der Waals surface area contributed by atoms with Crippen LogP contribution in [0.1, 0.15) is 29.5 Å². The van der Waals surface area contributed by atoms with E-state index in [1.54, 1.807) is 4.90 Å². The molecule has 3 aromatic rings. The number of hydrogen-bond donors (Lipinski definition) is 2. The Morgan fingerprint density at radius 3 is 2.05 bits per heavy atom. The highest BCUT2D eigenvalue weighted by atomic mass is 32.2. The quantitative estimate of drug-likeness (QED) is 0.375. The van der Waals surface area contributed by atoms with Gasteiger partial charge in [0.2, 0.25) is 11.8 Å². The maximum absolute atomic E-state index is 13.0. The Bertz CT molecular complexity index is 1430. The summed E-state index contributed by atoms with van der Waals surface area (Å²) < 4.78 is 0. The van der Waals surface area contributed by atoms with Crippen molar-refractivity contribution in [3.8, 4) is 0 Å². The third-order valence-electron chi connectivity index (χ3n) is 6.74. The molecule has 2 heterocycles. The van der Waals surface area contributed by atoms with Gasteiger partial charge in [-0.2, -0.15) is 4.99 Å². The SMILES string of the molecule is O=C(CCC1C(=O)N=C2c3ccccc3N=C(SCC(=O)NCCc3ccccc3)N21)NCCc1ccccc1. The average Bonchev–Trinajstić information content (AvgIpc) is 3.32. The summed E-state index contributed by atoms with van der Waals surface area (Å²) in [6.07, 6.45) is 1.97.